The van der Waals surface area contributed by atoms with E-state index in [1.807, 2.05) is 6.92 Å². The summed E-state index contributed by atoms with van der Waals surface area (Å²) in [6, 6.07) is 0. The number of fused-ring (bicyclic) bond motifs is 1. The second kappa shape index (κ2) is 5.00. The van der Waals surface area contributed by atoms with Gasteiger partial charge in [0.25, 0.3) is 0 Å². The van der Waals surface area contributed by atoms with Gasteiger partial charge in [-0.3, -0.25) is 0 Å². The predicted octanol–water partition coefficient (Wildman–Crippen LogP) is 2.67. The second-order valence-electron chi connectivity index (χ2n) is 4.94. The number of hydrogen-bond acceptors (Lipinski definition) is 2. The Kier molecular flexibility index (Phi) is 3.64. The molecule has 16 heavy (non-hydrogen) atoms. The van der Waals surface area contributed by atoms with Crippen LogP contribution in [0, 0.1) is 5.92 Å². The van der Waals surface area contributed by atoms with Crippen molar-refractivity contribution in [1.82, 2.24) is 9.97 Å². The first-order chi connectivity index (χ1) is 7.70. The summed E-state index contributed by atoms with van der Waals surface area (Å²) in [4.78, 5) is 8.16. The molecular weight excluding hydrogens is 200 g/mol. The average molecular weight is 222 g/mol. The molecule has 2 rings (SSSR count). The fourth-order valence-electron chi connectivity index (χ4n) is 2.62. The number of nitrogens with zero attached hydrogens (tertiary/aromatic N) is 1. The lowest BCUT2D eigenvalue weighted by molar-refractivity contribution is 0.149. The Hall–Kier alpha value is -0.830. The highest BCUT2D eigenvalue weighted by molar-refractivity contribution is 5.22. The lowest BCUT2D eigenvalue weighted by Crippen LogP contribution is -2.14. The average Bonchev–Trinajstić information content (AvgIpc) is 2.61. The summed E-state index contributed by atoms with van der Waals surface area (Å²) in [5, 5.41) is 0. The maximum absolute atomic E-state index is 5.36. The van der Waals surface area contributed by atoms with E-state index in [9.17, 15) is 0 Å². The number of imidazole rings is 1. The second-order valence-corrected chi connectivity index (χ2v) is 4.94. The molecule has 1 aliphatic carbocycles. The molecular formula is C13H22N2O. The molecule has 0 fully saturated rings. The fourth-order valence-corrected chi connectivity index (χ4v) is 2.62. The highest BCUT2D eigenvalue weighted by atomic mass is 16.5. The molecule has 1 N–H and O–H groups in total. The van der Waals surface area contributed by atoms with Crippen LogP contribution in [0.5, 0.6) is 0 Å². The van der Waals surface area contributed by atoms with Crippen molar-refractivity contribution in [2.24, 2.45) is 5.92 Å². The Bertz CT molecular complexity index is 346. The van der Waals surface area contributed by atoms with Gasteiger partial charge in [0.2, 0.25) is 0 Å². The van der Waals surface area contributed by atoms with Gasteiger partial charge >= 0.3 is 0 Å². The van der Waals surface area contributed by atoms with E-state index in [2.05, 4.69) is 18.8 Å². The number of rotatable bonds is 4. The van der Waals surface area contributed by atoms with E-state index in [-0.39, 0.29) is 0 Å². The first-order valence-electron chi connectivity index (χ1n) is 6.36. The van der Waals surface area contributed by atoms with E-state index >= 15 is 0 Å². The smallest absolute Gasteiger partial charge is 0.108 e. The van der Waals surface area contributed by atoms with Gasteiger partial charge in [-0.25, -0.2) is 4.98 Å². The Balaban J connectivity index is 2.05. The molecule has 1 heterocycles. The number of nitrogens with one attached hydrogen (secondary N) is 1. The molecule has 0 spiro atoms. The lowest BCUT2D eigenvalue weighted by Gasteiger charge is -2.22. The van der Waals surface area contributed by atoms with Crippen LogP contribution in [0.4, 0.5) is 0 Å². The summed E-state index contributed by atoms with van der Waals surface area (Å²) in [5.41, 5.74) is 2.65. The third-order valence-corrected chi connectivity index (χ3v) is 3.32. The summed E-state index contributed by atoms with van der Waals surface area (Å²) in [7, 11) is 0. The number of hydrogen-bond donors (Lipinski definition) is 1. The molecule has 0 radical (unpaired) electrons. The zero-order valence-corrected chi connectivity index (χ0v) is 10.5. The van der Waals surface area contributed by atoms with Crippen molar-refractivity contribution in [1.29, 1.82) is 0 Å². The van der Waals surface area contributed by atoms with Gasteiger partial charge in [0, 0.05) is 24.6 Å². The van der Waals surface area contributed by atoms with Gasteiger partial charge in [0.1, 0.15) is 5.82 Å². The molecule has 3 heteroatoms. The van der Waals surface area contributed by atoms with E-state index in [1.54, 1.807) is 0 Å². The third kappa shape index (κ3) is 2.46. The van der Waals surface area contributed by atoms with Gasteiger partial charge in [-0.15, -0.1) is 0 Å². The molecule has 1 aromatic rings. The molecule has 2 atom stereocenters. The topological polar surface area (TPSA) is 37.9 Å². The van der Waals surface area contributed by atoms with Crippen LogP contribution in [-0.2, 0) is 17.6 Å². The summed E-state index contributed by atoms with van der Waals surface area (Å²) in [6.45, 7) is 8.18. The summed E-state index contributed by atoms with van der Waals surface area (Å²) >= 11 is 0. The van der Waals surface area contributed by atoms with Gasteiger partial charge < -0.3 is 9.72 Å². The first kappa shape index (κ1) is 11.6. The third-order valence-electron chi connectivity index (χ3n) is 3.32. The van der Waals surface area contributed by atoms with E-state index in [0.29, 0.717) is 5.92 Å². The Morgan fingerprint density at radius 3 is 3.00 bits per heavy atom. The van der Waals surface area contributed by atoms with Gasteiger partial charge in [-0.2, -0.15) is 0 Å². The van der Waals surface area contributed by atoms with Gasteiger partial charge in [0.05, 0.1) is 12.3 Å². The van der Waals surface area contributed by atoms with Crippen molar-refractivity contribution in [3.05, 3.63) is 17.2 Å². The normalized spacial score (nSPS) is 24.4. The van der Waals surface area contributed by atoms with Gasteiger partial charge in [0.15, 0.2) is 0 Å². The Morgan fingerprint density at radius 2 is 2.25 bits per heavy atom. The van der Waals surface area contributed by atoms with Crippen molar-refractivity contribution in [2.75, 3.05) is 13.2 Å². The highest BCUT2D eigenvalue weighted by Gasteiger charge is 2.24. The van der Waals surface area contributed by atoms with Crippen molar-refractivity contribution >= 4 is 0 Å². The molecule has 1 aliphatic rings. The first-order valence-corrected chi connectivity index (χ1v) is 6.36. The molecule has 0 aliphatic heterocycles. The van der Waals surface area contributed by atoms with Gasteiger partial charge in [-0.1, -0.05) is 13.8 Å². The van der Waals surface area contributed by atoms with Crippen molar-refractivity contribution in [3.8, 4) is 0 Å². The fraction of sp³-hybridized carbons (Fsp3) is 0.769. The summed E-state index contributed by atoms with van der Waals surface area (Å²) < 4.78 is 5.36. The number of aromatic nitrogens is 2. The van der Waals surface area contributed by atoms with Crippen LogP contribution in [0.25, 0.3) is 0 Å². The molecule has 0 saturated heterocycles. The predicted molar refractivity (Wildman–Crippen MR) is 64.7 cm³/mol. The van der Waals surface area contributed by atoms with E-state index in [1.165, 1.54) is 17.8 Å². The van der Waals surface area contributed by atoms with Crippen molar-refractivity contribution in [2.45, 2.75) is 46.0 Å². The molecule has 90 valence electrons. The Morgan fingerprint density at radius 1 is 1.44 bits per heavy atom. The van der Waals surface area contributed by atoms with Crippen LogP contribution in [-0.4, -0.2) is 23.2 Å². The van der Waals surface area contributed by atoms with Crippen molar-refractivity contribution < 1.29 is 4.74 Å². The van der Waals surface area contributed by atoms with E-state index in [4.69, 9.17) is 9.72 Å². The lowest BCUT2D eigenvalue weighted by atomic mass is 9.84. The monoisotopic (exact) mass is 222 g/mol. The number of aromatic amines is 1. The largest absolute Gasteiger partial charge is 0.381 e. The number of H-pyrrole nitrogens is 1. The van der Waals surface area contributed by atoms with E-state index in [0.717, 1.165) is 37.8 Å². The summed E-state index contributed by atoms with van der Waals surface area (Å²) in [5.74, 6) is 2.48. The molecule has 0 amide bonds. The van der Waals surface area contributed by atoms with Crippen LogP contribution in [0.1, 0.15) is 50.3 Å². The molecule has 0 aromatic carbocycles. The molecule has 0 bridgehead atoms. The van der Waals surface area contributed by atoms with Crippen LogP contribution in [0.3, 0.4) is 0 Å². The van der Waals surface area contributed by atoms with Crippen molar-refractivity contribution in [3.63, 3.8) is 0 Å². The van der Waals surface area contributed by atoms with Crippen LogP contribution in [0.2, 0.25) is 0 Å². The molecule has 2 unspecified atom stereocenters. The standard InChI is InChI=1S/C13H22N2O/c1-4-16-6-5-12-14-11-8-9(2)7-10(3)13(11)15-12/h9-10H,4-8H2,1-3H3,(H,14,15). The minimum atomic E-state index is 0.607. The SMILES string of the molecule is CCOCCc1nc2c([nH]1)CC(C)CC2C. The van der Waals surface area contributed by atoms with Crippen LogP contribution >= 0.6 is 0 Å². The maximum atomic E-state index is 5.36. The van der Waals surface area contributed by atoms with Gasteiger partial charge in [-0.05, 0) is 25.7 Å². The highest BCUT2D eigenvalue weighted by Crippen LogP contribution is 2.32. The summed E-state index contributed by atoms with van der Waals surface area (Å²) in [6.07, 6.45) is 3.33. The molecule has 3 nitrogen and oxygen atoms in total. The quantitative estimate of drug-likeness (QED) is 0.795. The zero-order chi connectivity index (χ0) is 11.5. The maximum Gasteiger partial charge on any atom is 0.108 e. The van der Waals surface area contributed by atoms with E-state index < -0.39 is 0 Å². The number of ether oxygens (including phenoxy) is 1. The minimum absolute atomic E-state index is 0.607. The Labute approximate surface area is 97.6 Å². The van der Waals surface area contributed by atoms with Crippen LogP contribution in [0.15, 0.2) is 0 Å². The minimum Gasteiger partial charge on any atom is -0.381 e. The molecule has 0 saturated carbocycles. The molecule has 1 aromatic heterocycles. The zero-order valence-electron chi connectivity index (χ0n) is 10.5. The van der Waals surface area contributed by atoms with Crippen LogP contribution < -0.4 is 0 Å².